The average molecular weight is 483 g/mol. The molecule has 34 heavy (non-hydrogen) atoms. The third kappa shape index (κ3) is 3.90. The number of allylic oxidation sites excluding steroid dienone is 1. The number of fused-ring (bicyclic) bond motifs is 3. The largest absolute Gasteiger partial charge is 0.416 e. The van der Waals surface area contributed by atoms with Crippen LogP contribution in [0.4, 0.5) is 24.8 Å². The molecule has 0 fully saturated rings. The van der Waals surface area contributed by atoms with Crippen molar-refractivity contribution in [2.75, 3.05) is 10.6 Å². The van der Waals surface area contributed by atoms with Gasteiger partial charge in [0.1, 0.15) is 0 Å². The molecule has 0 unspecified atom stereocenters. The van der Waals surface area contributed by atoms with E-state index in [-0.39, 0.29) is 5.69 Å². The molecule has 5 rings (SSSR count). The van der Waals surface area contributed by atoms with Gasteiger partial charge in [-0.25, -0.2) is 4.98 Å². The maximum Gasteiger partial charge on any atom is 0.416 e. The normalized spacial score (nSPS) is 15.7. The van der Waals surface area contributed by atoms with Crippen LogP contribution in [0.15, 0.2) is 84.1 Å². The number of para-hydroxylation sites is 2. The highest BCUT2D eigenvalue weighted by Gasteiger charge is 2.35. The highest BCUT2D eigenvalue weighted by Crippen LogP contribution is 2.40. The summed E-state index contributed by atoms with van der Waals surface area (Å²) in [6.45, 7) is 1.74. The van der Waals surface area contributed by atoms with Crippen molar-refractivity contribution in [3.8, 4) is 0 Å². The van der Waals surface area contributed by atoms with E-state index in [1.54, 1.807) is 19.1 Å². The van der Waals surface area contributed by atoms with Crippen LogP contribution >= 0.6 is 11.6 Å². The van der Waals surface area contributed by atoms with Gasteiger partial charge in [0.2, 0.25) is 5.95 Å². The Morgan fingerprint density at radius 1 is 1.06 bits per heavy atom. The number of nitrogens with one attached hydrogen (secondary N) is 2. The number of imidazole rings is 1. The fourth-order valence-corrected chi connectivity index (χ4v) is 4.32. The number of halogens is 4. The summed E-state index contributed by atoms with van der Waals surface area (Å²) < 4.78 is 41.4. The van der Waals surface area contributed by atoms with E-state index in [9.17, 15) is 18.0 Å². The highest BCUT2D eigenvalue weighted by molar-refractivity contribution is 6.30. The zero-order chi connectivity index (χ0) is 24.0. The minimum absolute atomic E-state index is 0.0521. The Balaban J connectivity index is 1.61. The van der Waals surface area contributed by atoms with Gasteiger partial charge in [0.05, 0.1) is 28.2 Å². The van der Waals surface area contributed by atoms with Gasteiger partial charge >= 0.3 is 6.18 Å². The Morgan fingerprint density at radius 3 is 2.53 bits per heavy atom. The molecule has 0 aliphatic carbocycles. The van der Waals surface area contributed by atoms with Crippen LogP contribution in [0, 0.1) is 0 Å². The van der Waals surface area contributed by atoms with Crippen LogP contribution in [-0.4, -0.2) is 15.5 Å². The van der Waals surface area contributed by atoms with Crippen LogP contribution in [0.1, 0.15) is 24.1 Å². The summed E-state index contributed by atoms with van der Waals surface area (Å²) in [6.07, 6.45) is -4.52. The predicted octanol–water partition coefficient (Wildman–Crippen LogP) is 6.64. The van der Waals surface area contributed by atoms with Gasteiger partial charge in [-0.2, -0.15) is 13.2 Å². The number of anilines is 2. The zero-order valence-corrected chi connectivity index (χ0v) is 18.6. The number of aromatic nitrogens is 2. The molecule has 0 bridgehead atoms. The second-order valence-electron chi connectivity index (χ2n) is 7.94. The number of carbonyl (C=O) groups excluding carboxylic acids is 1. The van der Waals surface area contributed by atoms with Crippen LogP contribution in [0.25, 0.3) is 11.0 Å². The van der Waals surface area contributed by atoms with Gasteiger partial charge in [-0.1, -0.05) is 41.9 Å². The summed E-state index contributed by atoms with van der Waals surface area (Å²) in [6, 6.07) is 18.6. The summed E-state index contributed by atoms with van der Waals surface area (Å²) in [5, 5.41) is 6.36. The van der Waals surface area contributed by atoms with Gasteiger partial charge in [0.25, 0.3) is 5.91 Å². The summed E-state index contributed by atoms with van der Waals surface area (Å²) >= 11 is 6.10. The van der Waals surface area contributed by atoms with Crippen LogP contribution in [0.3, 0.4) is 0 Å². The van der Waals surface area contributed by atoms with Crippen molar-refractivity contribution >= 4 is 40.2 Å². The number of alkyl halides is 3. The highest BCUT2D eigenvalue weighted by atomic mass is 35.5. The first kappa shape index (κ1) is 22.0. The van der Waals surface area contributed by atoms with E-state index in [0.717, 1.165) is 28.7 Å². The molecule has 172 valence electrons. The molecule has 0 saturated heterocycles. The zero-order valence-electron chi connectivity index (χ0n) is 17.8. The van der Waals surface area contributed by atoms with E-state index >= 15 is 0 Å². The molecule has 1 aliphatic rings. The Hall–Kier alpha value is -3.78. The molecule has 0 radical (unpaired) electrons. The van der Waals surface area contributed by atoms with E-state index in [2.05, 4.69) is 15.6 Å². The summed E-state index contributed by atoms with van der Waals surface area (Å²) in [5.74, 6) is 0.0435. The lowest BCUT2D eigenvalue weighted by Gasteiger charge is -2.30. The average Bonchev–Trinajstić information content (AvgIpc) is 3.16. The minimum Gasteiger partial charge on any atom is -0.329 e. The first-order valence-corrected chi connectivity index (χ1v) is 10.8. The van der Waals surface area contributed by atoms with E-state index < -0.39 is 23.7 Å². The molecule has 1 aliphatic heterocycles. The van der Waals surface area contributed by atoms with Crippen LogP contribution in [-0.2, 0) is 11.0 Å². The van der Waals surface area contributed by atoms with Crippen molar-refractivity contribution in [1.29, 1.82) is 0 Å². The van der Waals surface area contributed by atoms with Crippen molar-refractivity contribution in [3.05, 3.63) is 100 Å². The van der Waals surface area contributed by atoms with Gasteiger partial charge < -0.3 is 10.6 Å². The molecule has 0 saturated carbocycles. The smallest absolute Gasteiger partial charge is 0.329 e. The van der Waals surface area contributed by atoms with Crippen LogP contribution in [0.2, 0.25) is 5.02 Å². The molecule has 3 aromatic carbocycles. The van der Waals surface area contributed by atoms with E-state index in [1.165, 1.54) is 12.1 Å². The number of rotatable bonds is 3. The van der Waals surface area contributed by atoms with Crippen LogP contribution in [0.5, 0.6) is 0 Å². The molecule has 1 atom stereocenters. The number of hydrogen-bond acceptors (Lipinski definition) is 3. The third-order valence-electron chi connectivity index (χ3n) is 5.71. The van der Waals surface area contributed by atoms with Crippen molar-refractivity contribution < 1.29 is 18.0 Å². The maximum atomic E-state index is 13.5. The van der Waals surface area contributed by atoms with Gasteiger partial charge in [-0.3, -0.25) is 9.36 Å². The van der Waals surface area contributed by atoms with E-state index in [1.807, 2.05) is 41.0 Å². The Labute approximate surface area is 197 Å². The number of nitrogens with zero attached hydrogens (tertiary/aromatic N) is 2. The fraction of sp³-hybridized carbons (Fsp3) is 0.120. The molecule has 9 heteroatoms. The molecule has 0 spiro atoms. The quantitative estimate of drug-likeness (QED) is 0.344. The van der Waals surface area contributed by atoms with Gasteiger partial charge in [0, 0.05) is 16.4 Å². The number of benzene rings is 3. The van der Waals surface area contributed by atoms with Gasteiger partial charge in [-0.15, -0.1) is 0 Å². The Morgan fingerprint density at radius 2 is 1.79 bits per heavy atom. The molecule has 2 heterocycles. The molecule has 1 amide bonds. The summed E-state index contributed by atoms with van der Waals surface area (Å²) in [7, 11) is 0. The second-order valence-corrected chi connectivity index (χ2v) is 8.38. The fourth-order valence-electron chi connectivity index (χ4n) is 4.19. The second kappa shape index (κ2) is 8.22. The Kier molecular flexibility index (Phi) is 5.32. The SMILES string of the molecule is CC1=C(C(=O)Nc2cccc(C(F)(F)F)c2)[C@@H](c2ccc(Cl)cc2)n2c(nc3ccccc32)N1. The summed E-state index contributed by atoms with van der Waals surface area (Å²) in [4.78, 5) is 18.2. The first-order chi connectivity index (χ1) is 16.2. The van der Waals surface area contributed by atoms with Crippen molar-refractivity contribution in [1.82, 2.24) is 9.55 Å². The minimum atomic E-state index is -4.52. The van der Waals surface area contributed by atoms with Crippen LogP contribution < -0.4 is 10.6 Å². The number of hydrogen-bond donors (Lipinski definition) is 2. The first-order valence-electron chi connectivity index (χ1n) is 10.4. The molecule has 5 nitrogen and oxygen atoms in total. The maximum absolute atomic E-state index is 13.5. The Bertz CT molecular complexity index is 1440. The van der Waals surface area contributed by atoms with Gasteiger partial charge in [-0.05, 0) is 55.0 Å². The molecular formula is C25H18ClF3N4O. The van der Waals surface area contributed by atoms with E-state index in [4.69, 9.17) is 11.6 Å². The lowest BCUT2D eigenvalue weighted by molar-refractivity contribution is -0.137. The van der Waals surface area contributed by atoms with Crippen molar-refractivity contribution in [2.45, 2.75) is 19.1 Å². The summed E-state index contributed by atoms with van der Waals surface area (Å²) in [5.41, 5.74) is 2.45. The molecule has 1 aromatic heterocycles. The lowest BCUT2D eigenvalue weighted by atomic mass is 9.94. The number of carbonyl (C=O) groups is 1. The lowest BCUT2D eigenvalue weighted by Crippen LogP contribution is -2.31. The third-order valence-corrected chi connectivity index (χ3v) is 5.96. The van der Waals surface area contributed by atoms with Crippen molar-refractivity contribution in [3.63, 3.8) is 0 Å². The number of amides is 1. The molecule has 2 N–H and O–H groups in total. The van der Waals surface area contributed by atoms with E-state index in [0.29, 0.717) is 22.2 Å². The monoisotopic (exact) mass is 482 g/mol. The standard InChI is InChI=1S/C25H18ClF3N4O/c1-14-21(23(34)31-18-6-4-5-16(13-18)25(27,28)29)22(15-9-11-17(26)12-10-15)33-20-8-3-2-7-19(20)32-24(33)30-14/h2-13,22H,1H3,(H,30,32)(H,31,34)/t22-/m1/s1. The topological polar surface area (TPSA) is 59.0 Å². The molecule has 4 aromatic rings. The molecular weight excluding hydrogens is 465 g/mol. The predicted molar refractivity (Wildman–Crippen MR) is 126 cm³/mol. The van der Waals surface area contributed by atoms with Crippen molar-refractivity contribution in [2.24, 2.45) is 0 Å². The van der Waals surface area contributed by atoms with Gasteiger partial charge in [0.15, 0.2) is 0 Å².